The monoisotopic (exact) mass is 570 g/mol. The van der Waals surface area contributed by atoms with Crippen molar-refractivity contribution in [2.24, 2.45) is 14.1 Å². The molecular formula is C27H25Cl2N4O4P. The fourth-order valence-electron chi connectivity index (χ4n) is 4.93. The number of imidazole rings is 1. The van der Waals surface area contributed by atoms with E-state index in [9.17, 15) is 19.5 Å². The van der Waals surface area contributed by atoms with Gasteiger partial charge < -0.3 is 0 Å². The number of nitrogens with zero attached hydrogens (tertiary/aromatic N) is 3. The molecule has 0 amide bonds. The van der Waals surface area contributed by atoms with Gasteiger partial charge in [-0.3, -0.25) is 0 Å². The average Bonchev–Trinajstić information content (AvgIpc) is 3.30. The van der Waals surface area contributed by atoms with Gasteiger partial charge in [-0.15, -0.1) is 0 Å². The van der Waals surface area contributed by atoms with Gasteiger partial charge in [0, 0.05) is 0 Å². The number of hydrogen-bond donors (Lipinski definition) is 4. The van der Waals surface area contributed by atoms with Crippen LogP contribution in [-0.4, -0.2) is 28.8 Å². The van der Waals surface area contributed by atoms with E-state index in [0.717, 1.165) is 10.9 Å². The van der Waals surface area contributed by atoms with Gasteiger partial charge in [-0.1, -0.05) is 0 Å². The number of aryl methyl sites for hydroxylation is 2. The van der Waals surface area contributed by atoms with Crippen LogP contribution in [0.25, 0.3) is 22.0 Å². The van der Waals surface area contributed by atoms with Crippen LogP contribution in [0.4, 0.5) is 0 Å². The first kappa shape index (κ1) is 26.5. The zero-order valence-electron chi connectivity index (χ0n) is 20.4. The number of fused-ring (bicyclic) bond motifs is 1. The summed E-state index contributed by atoms with van der Waals surface area (Å²) >= 11 is 12.5. The fraction of sp³-hybridized carbons (Fsp3) is 0.111. The van der Waals surface area contributed by atoms with E-state index in [1.165, 1.54) is 4.57 Å². The van der Waals surface area contributed by atoms with Gasteiger partial charge >= 0.3 is 229 Å². The molecule has 38 heavy (non-hydrogen) atoms. The van der Waals surface area contributed by atoms with Crippen LogP contribution < -0.4 is 10.6 Å². The van der Waals surface area contributed by atoms with Gasteiger partial charge in [-0.05, 0) is 0 Å². The van der Waals surface area contributed by atoms with E-state index in [0.29, 0.717) is 37.9 Å². The van der Waals surface area contributed by atoms with Gasteiger partial charge in [0.2, 0.25) is 0 Å². The Morgan fingerprint density at radius 3 is 2.24 bits per heavy atom. The minimum atomic E-state index is -4.92. The Kier molecular flexibility index (Phi) is 6.92. The maximum absolute atomic E-state index is 12.9. The van der Waals surface area contributed by atoms with Gasteiger partial charge in [0.25, 0.3) is 0 Å². The summed E-state index contributed by atoms with van der Waals surface area (Å²) in [6.07, 6.45) is 3.17. The van der Waals surface area contributed by atoms with Crippen LogP contribution in [0, 0.1) is 0 Å². The van der Waals surface area contributed by atoms with Crippen molar-refractivity contribution in [3.63, 3.8) is 0 Å². The van der Waals surface area contributed by atoms with Gasteiger partial charge in [-0.25, -0.2) is 0 Å². The molecule has 4 N–H and O–H groups in total. The normalized spacial score (nSPS) is 14.0. The van der Waals surface area contributed by atoms with E-state index in [-0.39, 0.29) is 5.56 Å². The molecule has 0 fully saturated rings. The first-order valence-corrected chi connectivity index (χ1v) is 14.2. The third-order valence-corrected chi connectivity index (χ3v) is 7.85. The molecule has 0 aliphatic carbocycles. The molecule has 0 bridgehead atoms. The summed E-state index contributed by atoms with van der Waals surface area (Å²) in [7, 11) is -1.46. The molecule has 0 radical (unpaired) electrons. The zero-order valence-corrected chi connectivity index (χ0v) is 22.9. The number of halogens is 2. The second-order valence-electron chi connectivity index (χ2n) is 9.10. The second-order valence-corrected chi connectivity index (χ2v) is 11.5. The van der Waals surface area contributed by atoms with E-state index in [4.69, 9.17) is 23.2 Å². The zero-order chi connectivity index (χ0) is 27.2. The Labute approximate surface area is 229 Å². The number of pyridine rings is 1. The molecule has 0 unspecified atom stereocenters. The summed E-state index contributed by atoms with van der Waals surface area (Å²) in [5.74, 6) is 0. The Morgan fingerprint density at radius 2 is 1.61 bits per heavy atom. The minimum absolute atomic E-state index is 0.193. The SMILES string of the molecule is Cn1cncc1[C@@](N[PH](O)(O)O)(c1ccc(Cl)cc1)c1ccc2c(c1)c(-c1cccc(Cl)c1)cc(=O)n2C. The van der Waals surface area contributed by atoms with Crippen LogP contribution in [0.15, 0.2) is 90.1 Å². The standard InChI is InChI=1S/C27H25Cl2N4O4P/c1-32-16-30-15-25(32)27(31-38(35,36)37,18-6-9-20(28)10-7-18)19-8-11-24-23(13-19)22(14-26(34)33(24)2)17-4-3-5-21(29)12-17/h3-16,31,35-38H,1-2H3/t27-/m1/s1. The van der Waals surface area contributed by atoms with Crippen LogP contribution in [0.1, 0.15) is 16.8 Å². The number of hydrogen-bond acceptors (Lipinski definition) is 6. The van der Waals surface area contributed by atoms with Crippen LogP contribution in [0.3, 0.4) is 0 Å². The van der Waals surface area contributed by atoms with Crippen LogP contribution in [-0.2, 0) is 19.6 Å². The molecule has 0 saturated carbocycles. The summed E-state index contributed by atoms with van der Waals surface area (Å²) < 4.78 is 3.27. The predicted molar refractivity (Wildman–Crippen MR) is 152 cm³/mol. The van der Waals surface area contributed by atoms with Gasteiger partial charge in [0.1, 0.15) is 0 Å². The van der Waals surface area contributed by atoms with Crippen LogP contribution in [0.5, 0.6) is 0 Å². The van der Waals surface area contributed by atoms with E-state index < -0.39 is 13.6 Å². The third kappa shape index (κ3) is 4.77. The third-order valence-electron chi connectivity index (χ3n) is 6.65. The number of aromatic nitrogens is 3. The quantitative estimate of drug-likeness (QED) is 0.223. The first-order chi connectivity index (χ1) is 18.0. The van der Waals surface area contributed by atoms with Gasteiger partial charge in [-0.2, -0.15) is 0 Å². The summed E-state index contributed by atoms with van der Waals surface area (Å²) in [5, 5.41) is 4.47. The summed E-state index contributed by atoms with van der Waals surface area (Å²) in [5.41, 5.74) is 2.07. The van der Waals surface area contributed by atoms with Crippen molar-refractivity contribution < 1.29 is 14.7 Å². The van der Waals surface area contributed by atoms with Crippen molar-refractivity contribution in [1.29, 1.82) is 0 Å². The van der Waals surface area contributed by atoms with Crippen LogP contribution in [0.2, 0.25) is 10.0 Å². The summed E-state index contributed by atoms with van der Waals surface area (Å²) in [6.45, 7) is 0. The topological polar surface area (TPSA) is 113 Å². The fourth-order valence-corrected chi connectivity index (χ4v) is 6.17. The molecule has 2 heterocycles. The molecule has 2 aromatic heterocycles. The molecular weight excluding hydrogens is 546 g/mol. The van der Waals surface area contributed by atoms with Crippen molar-refractivity contribution in [3.05, 3.63) is 123 Å². The Morgan fingerprint density at radius 1 is 0.895 bits per heavy atom. The van der Waals surface area contributed by atoms with Crippen molar-refractivity contribution >= 4 is 42.2 Å². The molecule has 3 aromatic carbocycles. The molecule has 1 atom stereocenters. The molecule has 5 aromatic rings. The molecule has 196 valence electrons. The Balaban J connectivity index is 1.91. The van der Waals surface area contributed by atoms with Crippen molar-refractivity contribution in [3.8, 4) is 11.1 Å². The molecule has 0 aliphatic rings. The van der Waals surface area contributed by atoms with E-state index >= 15 is 0 Å². The van der Waals surface area contributed by atoms with Crippen molar-refractivity contribution in [2.45, 2.75) is 5.54 Å². The number of rotatable bonds is 6. The predicted octanol–water partition coefficient (Wildman–Crippen LogP) is 4.51. The number of benzene rings is 3. The summed E-state index contributed by atoms with van der Waals surface area (Å²) in [4.78, 5) is 48.3. The average molecular weight is 571 g/mol. The molecule has 11 heteroatoms. The van der Waals surface area contributed by atoms with E-state index in [1.54, 1.807) is 85.8 Å². The van der Waals surface area contributed by atoms with Gasteiger partial charge in [0.15, 0.2) is 0 Å². The molecule has 0 saturated heterocycles. The van der Waals surface area contributed by atoms with E-state index in [2.05, 4.69) is 10.1 Å². The molecule has 0 spiro atoms. The maximum atomic E-state index is 12.9. The molecule has 0 aliphatic heterocycles. The van der Waals surface area contributed by atoms with Gasteiger partial charge in [0.05, 0.1) is 0 Å². The first-order valence-electron chi connectivity index (χ1n) is 11.6. The van der Waals surface area contributed by atoms with Crippen molar-refractivity contribution in [1.82, 2.24) is 19.2 Å². The second kappa shape index (κ2) is 9.91. The Bertz CT molecular complexity index is 1710. The Hall–Kier alpha value is -3.07. The van der Waals surface area contributed by atoms with Crippen LogP contribution >= 0.6 is 31.3 Å². The van der Waals surface area contributed by atoms with Crippen molar-refractivity contribution in [2.75, 3.05) is 0 Å². The number of nitrogens with one attached hydrogen (secondary N) is 1. The van der Waals surface area contributed by atoms with E-state index in [1.807, 2.05) is 18.2 Å². The molecule has 8 nitrogen and oxygen atoms in total. The molecule has 5 rings (SSSR count). The summed E-state index contributed by atoms with van der Waals surface area (Å²) in [6, 6.07) is 21.0.